The Morgan fingerprint density at radius 1 is 1.31 bits per heavy atom. The molecule has 1 aromatic rings. The summed E-state index contributed by atoms with van der Waals surface area (Å²) in [5, 5.41) is 0.344. The summed E-state index contributed by atoms with van der Waals surface area (Å²) < 4.78 is 0.786. The number of nitrogens with zero attached hydrogens (tertiary/aromatic N) is 2. The van der Waals surface area contributed by atoms with Gasteiger partial charge in [0.15, 0.2) is 0 Å². The minimum atomic E-state index is 0.344. The molecule has 1 aliphatic carbocycles. The minimum Gasteiger partial charge on any atom is -0.223 e. The van der Waals surface area contributed by atoms with E-state index in [1.54, 1.807) is 0 Å². The minimum absolute atomic E-state index is 0.344. The normalized spacial score (nSPS) is 18.0. The van der Waals surface area contributed by atoms with Gasteiger partial charge in [0.25, 0.3) is 0 Å². The van der Waals surface area contributed by atoms with Gasteiger partial charge in [0.1, 0.15) is 4.60 Å². The quantitative estimate of drug-likeness (QED) is 0.571. The molecule has 0 amide bonds. The standard InChI is InChI=1S/C9H10BrClN2/c10-8-5-7(12-9(11)13-8)6-3-1-2-4-6/h5-6H,1-4H2. The van der Waals surface area contributed by atoms with Crippen molar-refractivity contribution in [3.63, 3.8) is 0 Å². The van der Waals surface area contributed by atoms with Crippen molar-refractivity contribution in [1.29, 1.82) is 0 Å². The predicted molar refractivity (Wildman–Crippen MR) is 56.0 cm³/mol. The Bertz CT molecular complexity index is 290. The zero-order valence-corrected chi connectivity index (χ0v) is 9.48. The summed E-state index contributed by atoms with van der Waals surface area (Å²) in [6.07, 6.45) is 5.09. The van der Waals surface area contributed by atoms with E-state index in [9.17, 15) is 0 Å². The summed E-state index contributed by atoms with van der Waals surface area (Å²) in [5.74, 6) is 0.594. The van der Waals surface area contributed by atoms with Gasteiger partial charge in [-0.25, -0.2) is 9.97 Å². The van der Waals surface area contributed by atoms with Crippen LogP contribution >= 0.6 is 27.5 Å². The maximum absolute atomic E-state index is 5.78. The zero-order chi connectivity index (χ0) is 9.26. The molecule has 0 N–H and O–H groups in total. The number of aromatic nitrogens is 2. The predicted octanol–water partition coefficient (Wildman–Crippen LogP) is 3.55. The second-order valence-electron chi connectivity index (χ2n) is 3.37. The second-order valence-corrected chi connectivity index (χ2v) is 4.52. The van der Waals surface area contributed by atoms with Crippen molar-refractivity contribution >= 4 is 27.5 Å². The number of hydrogen-bond acceptors (Lipinski definition) is 2. The van der Waals surface area contributed by atoms with E-state index < -0.39 is 0 Å². The van der Waals surface area contributed by atoms with Crippen LogP contribution in [0.2, 0.25) is 5.28 Å². The van der Waals surface area contributed by atoms with E-state index in [1.165, 1.54) is 25.7 Å². The van der Waals surface area contributed by atoms with Gasteiger partial charge in [-0.05, 0) is 46.4 Å². The lowest BCUT2D eigenvalue weighted by molar-refractivity contribution is 0.692. The fourth-order valence-corrected chi connectivity index (χ4v) is 2.53. The number of halogens is 2. The third kappa shape index (κ3) is 2.20. The van der Waals surface area contributed by atoms with Gasteiger partial charge >= 0.3 is 0 Å². The SMILES string of the molecule is Clc1nc(Br)cc(C2CCCC2)n1. The van der Waals surface area contributed by atoms with Gasteiger partial charge in [-0.15, -0.1) is 0 Å². The molecule has 1 aliphatic rings. The summed E-state index contributed by atoms with van der Waals surface area (Å²) in [4.78, 5) is 8.22. The lowest BCUT2D eigenvalue weighted by Crippen LogP contribution is -1.98. The molecule has 13 heavy (non-hydrogen) atoms. The summed E-state index contributed by atoms with van der Waals surface area (Å²) in [6.45, 7) is 0. The highest BCUT2D eigenvalue weighted by atomic mass is 79.9. The van der Waals surface area contributed by atoms with E-state index in [0.717, 1.165) is 10.3 Å². The van der Waals surface area contributed by atoms with Crippen molar-refractivity contribution in [2.24, 2.45) is 0 Å². The first-order valence-corrected chi connectivity index (χ1v) is 5.63. The van der Waals surface area contributed by atoms with Crippen LogP contribution in [0.15, 0.2) is 10.7 Å². The lowest BCUT2D eigenvalue weighted by Gasteiger charge is -2.07. The average Bonchev–Trinajstić information content (AvgIpc) is 2.53. The number of hydrogen-bond donors (Lipinski definition) is 0. The maximum atomic E-state index is 5.78. The summed E-state index contributed by atoms with van der Waals surface area (Å²) >= 11 is 9.10. The third-order valence-corrected chi connectivity index (χ3v) is 3.04. The molecule has 0 saturated heterocycles. The Morgan fingerprint density at radius 2 is 2.00 bits per heavy atom. The second kappa shape index (κ2) is 3.93. The smallest absolute Gasteiger partial charge is 0.223 e. The van der Waals surface area contributed by atoms with E-state index in [1.807, 2.05) is 6.07 Å². The molecule has 1 saturated carbocycles. The molecular weight excluding hydrogens is 251 g/mol. The van der Waals surface area contributed by atoms with Crippen molar-refractivity contribution in [3.05, 3.63) is 21.6 Å². The van der Waals surface area contributed by atoms with Crippen LogP contribution in [0.5, 0.6) is 0 Å². The lowest BCUT2D eigenvalue weighted by atomic mass is 10.0. The molecule has 70 valence electrons. The first-order chi connectivity index (χ1) is 6.25. The van der Waals surface area contributed by atoms with Crippen molar-refractivity contribution in [1.82, 2.24) is 9.97 Å². The highest BCUT2D eigenvalue weighted by molar-refractivity contribution is 9.10. The largest absolute Gasteiger partial charge is 0.223 e. The van der Waals surface area contributed by atoms with Crippen LogP contribution in [0.4, 0.5) is 0 Å². The van der Waals surface area contributed by atoms with Crippen LogP contribution in [0.3, 0.4) is 0 Å². The molecule has 1 aromatic heterocycles. The van der Waals surface area contributed by atoms with Gasteiger partial charge in [-0.3, -0.25) is 0 Å². The van der Waals surface area contributed by atoms with Gasteiger partial charge in [0.05, 0.1) is 0 Å². The molecule has 0 unspecified atom stereocenters. The van der Waals surface area contributed by atoms with Gasteiger partial charge in [-0.2, -0.15) is 0 Å². The van der Waals surface area contributed by atoms with E-state index in [4.69, 9.17) is 11.6 Å². The molecule has 1 fully saturated rings. The molecule has 4 heteroatoms. The third-order valence-electron chi connectivity index (χ3n) is 2.46. The highest BCUT2D eigenvalue weighted by Crippen LogP contribution is 2.33. The monoisotopic (exact) mass is 260 g/mol. The van der Waals surface area contributed by atoms with E-state index in [-0.39, 0.29) is 0 Å². The van der Waals surface area contributed by atoms with E-state index >= 15 is 0 Å². The molecule has 2 rings (SSSR count). The van der Waals surface area contributed by atoms with Crippen LogP contribution in [0.1, 0.15) is 37.3 Å². The Labute approximate surface area is 90.9 Å². The van der Waals surface area contributed by atoms with Crippen LogP contribution in [-0.2, 0) is 0 Å². The highest BCUT2D eigenvalue weighted by Gasteiger charge is 2.19. The maximum Gasteiger partial charge on any atom is 0.223 e. The molecular formula is C9H10BrClN2. The van der Waals surface area contributed by atoms with Crippen LogP contribution in [0, 0.1) is 0 Å². The van der Waals surface area contributed by atoms with Gasteiger partial charge < -0.3 is 0 Å². The molecule has 0 bridgehead atoms. The fourth-order valence-electron chi connectivity index (χ4n) is 1.84. The van der Waals surface area contributed by atoms with Crippen molar-refractivity contribution in [3.8, 4) is 0 Å². The van der Waals surface area contributed by atoms with Crippen molar-refractivity contribution in [2.45, 2.75) is 31.6 Å². The van der Waals surface area contributed by atoms with Crippen LogP contribution in [0.25, 0.3) is 0 Å². The summed E-state index contributed by atoms with van der Waals surface area (Å²) in [6, 6.07) is 1.97. The number of rotatable bonds is 1. The molecule has 0 aromatic carbocycles. The van der Waals surface area contributed by atoms with Gasteiger partial charge in [0.2, 0.25) is 5.28 Å². The Hall–Kier alpha value is -0.150. The van der Waals surface area contributed by atoms with Crippen molar-refractivity contribution < 1.29 is 0 Å². The molecule has 2 nitrogen and oxygen atoms in total. The van der Waals surface area contributed by atoms with Gasteiger partial charge in [-0.1, -0.05) is 12.8 Å². The Morgan fingerprint density at radius 3 is 2.62 bits per heavy atom. The Balaban J connectivity index is 2.28. The Kier molecular flexibility index (Phi) is 2.84. The average molecular weight is 262 g/mol. The van der Waals surface area contributed by atoms with Crippen LogP contribution in [-0.4, -0.2) is 9.97 Å². The molecule has 0 radical (unpaired) electrons. The first kappa shape index (κ1) is 9.41. The van der Waals surface area contributed by atoms with Crippen LogP contribution < -0.4 is 0 Å². The molecule has 0 spiro atoms. The molecule has 0 atom stereocenters. The van der Waals surface area contributed by atoms with Gasteiger partial charge in [0, 0.05) is 11.6 Å². The first-order valence-electron chi connectivity index (χ1n) is 4.45. The summed E-state index contributed by atoms with van der Waals surface area (Å²) in [5.41, 5.74) is 1.09. The van der Waals surface area contributed by atoms with E-state index in [0.29, 0.717) is 11.2 Å². The zero-order valence-electron chi connectivity index (χ0n) is 7.13. The fraction of sp³-hybridized carbons (Fsp3) is 0.556. The topological polar surface area (TPSA) is 25.8 Å². The summed E-state index contributed by atoms with van der Waals surface area (Å²) in [7, 11) is 0. The molecule has 1 heterocycles. The van der Waals surface area contributed by atoms with E-state index in [2.05, 4.69) is 25.9 Å². The molecule has 0 aliphatic heterocycles. The van der Waals surface area contributed by atoms with Crippen molar-refractivity contribution in [2.75, 3.05) is 0 Å².